The first-order valence-electron chi connectivity index (χ1n) is 8.39. The minimum atomic E-state index is -0.199. The number of hydrogen-bond acceptors (Lipinski definition) is 4. The molecule has 1 saturated heterocycles. The zero-order valence-electron chi connectivity index (χ0n) is 14.1. The first kappa shape index (κ1) is 18.0. The lowest BCUT2D eigenvalue weighted by atomic mass is 10.2. The molecule has 0 bridgehead atoms. The van der Waals surface area contributed by atoms with Crippen molar-refractivity contribution in [1.29, 1.82) is 0 Å². The van der Waals surface area contributed by atoms with Crippen molar-refractivity contribution < 1.29 is 4.79 Å². The highest BCUT2D eigenvalue weighted by atomic mass is 35.5. The highest BCUT2D eigenvalue weighted by molar-refractivity contribution is 6.33. The van der Waals surface area contributed by atoms with Gasteiger partial charge in [0.15, 0.2) is 5.69 Å². The molecule has 132 valence electrons. The Balaban J connectivity index is 1.83. The topological polar surface area (TPSA) is 49.3 Å². The van der Waals surface area contributed by atoms with Gasteiger partial charge in [0.05, 0.1) is 11.2 Å². The van der Waals surface area contributed by atoms with E-state index in [1.165, 1.54) is 6.20 Å². The lowest BCUT2D eigenvalue weighted by molar-refractivity contribution is 0.0746. The Morgan fingerprint density at radius 3 is 2.72 bits per heavy atom. The average Bonchev–Trinajstić information content (AvgIpc) is 3.14. The van der Waals surface area contributed by atoms with Crippen LogP contribution in [0.25, 0.3) is 0 Å². The highest BCUT2D eigenvalue weighted by Crippen LogP contribution is 2.22. The molecule has 0 atom stereocenters. The van der Waals surface area contributed by atoms with Crippen molar-refractivity contribution >= 4 is 35.1 Å². The summed E-state index contributed by atoms with van der Waals surface area (Å²) in [5, 5.41) is 0.926. The fraction of sp³-hybridized carbons (Fsp3) is 0.389. The summed E-state index contributed by atoms with van der Waals surface area (Å²) in [6.07, 6.45) is 3.75. The van der Waals surface area contributed by atoms with Gasteiger partial charge >= 0.3 is 0 Å². The Kier molecular flexibility index (Phi) is 5.76. The normalized spacial score (nSPS) is 14.0. The second-order valence-electron chi connectivity index (χ2n) is 6.01. The van der Waals surface area contributed by atoms with Crippen molar-refractivity contribution in [3.63, 3.8) is 0 Å². The molecule has 0 saturated carbocycles. The van der Waals surface area contributed by atoms with Crippen LogP contribution in [0.2, 0.25) is 10.0 Å². The van der Waals surface area contributed by atoms with Crippen LogP contribution >= 0.6 is 23.2 Å². The number of carbonyl (C=O) groups excluding carboxylic acids is 1. The molecule has 0 N–H and O–H groups in total. The largest absolute Gasteiger partial charge is 0.341 e. The number of hydrogen-bond donors (Lipinski definition) is 0. The van der Waals surface area contributed by atoms with E-state index in [0.717, 1.165) is 31.5 Å². The number of halogens is 2. The molecule has 0 spiro atoms. The second-order valence-corrected chi connectivity index (χ2v) is 6.85. The third kappa shape index (κ3) is 4.22. The summed E-state index contributed by atoms with van der Waals surface area (Å²) >= 11 is 12.3. The summed E-state index contributed by atoms with van der Waals surface area (Å²) in [5.41, 5.74) is 1.22. The summed E-state index contributed by atoms with van der Waals surface area (Å²) in [4.78, 5) is 25.5. The van der Waals surface area contributed by atoms with Gasteiger partial charge in [-0.25, -0.2) is 9.97 Å². The molecule has 1 aromatic carbocycles. The van der Waals surface area contributed by atoms with E-state index in [4.69, 9.17) is 23.2 Å². The smallest absolute Gasteiger partial charge is 0.274 e. The molecule has 2 aromatic rings. The van der Waals surface area contributed by atoms with E-state index in [2.05, 4.69) is 14.9 Å². The molecule has 1 amide bonds. The van der Waals surface area contributed by atoms with Gasteiger partial charge in [-0.05, 0) is 37.5 Å². The third-order valence-corrected chi connectivity index (χ3v) is 4.77. The SMILES string of the molecule is CCN(Cc1cccc(Cl)c1)C(=O)c1nc(N2CCCC2)ncc1Cl. The summed E-state index contributed by atoms with van der Waals surface area (Å²) in [5.74, 6) is 0.374. The summed E-state index contributed by atoms with van der Waals surface area (Å²) < 4.78 is 0. The quantitative estimate of drug-likeness (QED) is 0.787. The predicted molar refractivity (Wildman–Crippen MR) is 100 cm³/mol. The van der Waals surface area contributed by atoms with Crippen LogP contribution in [0.5, 0.6) is 0 Å². The van der Waals surface area contributed by atoms with Crippen molar-refractivity contribution in [3.8, 4) is 0 Å². The van der Waals surface area contributed by atoms with E-state index in [0.29, 0.717) is 24.1 Å². The number of benzene rings is 1. The van der Waals surface area contributed by atoms with E-state index in [9.17, 15) is 4.79 Å². The van der Waals surface area contributed by atoms with Crippen LogP contribution in [-0.4, -0.2) is 40.4 Å². The van der Waals surface area contributed by atoms with Gasteiger partial charge in [-0.15, -0.1) is 0 Å². The summed E-state index contributed by atoms with van der Waals surface area (Å²) in [6, 6.07) is 7.49. The first-order valence-corrected chi connectivity index (χ1v) is 9.15. The number of rotatable bonds is 5. The average molecular weight is 379 g/mol. The molecule has 2 heterocycles. The van der Waals surface area contributed by atoms with Gasteiger partial charge < -0.3 is 9.80 Å². The lowest BCUT2D eigenvalue weighted by Gasteiger charge is -2.22. The number of nitrogens with zero attached hydrogens (tertiary/aromatic N) is 4. The molecule has 7 heteroatoms. The predicted octanol–water partition coefficient (Wildman–Crippen LogP) is 4.05. The molecule has 0 unspecified atom stereocenters. The fourth-order valence-electron chi connectivity index (χ4n) is 2.91. The van der Waals surface area contributed by atoms with E-state index in [-0.39, 0.29) is 16.6 Å². The van der Waals surface area contributed by atoms with E-state index >= 15 is 0 Å². The lowest BCUT2D eigenvalue weighted by Crippen LogP contribution is -2.32. The van der Waals surface area contributed by atoms with Gasteiger partial charge in [0.2, 0.25) is 5.95 Å². The zero-order chi connectivity index (χ0) is 17.8. The molecule has 25 heavy (non-hydrogen) atoms. The number of anilines is 1. The Morgan fingerprint density at radius 1 is 1.28 bits per heavy atom. The van der Waals surface area contributed by atoms with Crippen LogP contribution in [0.4, 0.5) is 5.95 Å². The second kappa shape index (κ2) is 8.02. The molecule has 3 rings (SSSR count). The van der Waals surface area contributed by atoms with Gasteiger partial charge in [0, 0.05) is 31.2 Å². The van der Waals surface area contributed by atoms with Crippen molar-refractivity contribution in [2.75, 3.05) is 24.5 Å². The molecular formula is C18H20Cl2N4O. The van der Waals surface area contributed by atoms with Crippen LogP contribution in [-0.2, 0) is 6.54 Å². The van der Waals surface area contributed by atoms with Gasteiger partial charge in [0.25, 0.3) is 5.91 Å². The number of amides is 1. The number of carbonyl (C=O) groups is 1. The highest BCUT2D eigenvalue weighted by Gasteiger charge is 2.23. The van der Waals surface area contributed by atoms with Crippen LogP contribution < -0.4 is 4.90 Å². The molecule has 1 aliphatic heterocycles. The first-order chi connectivity index (χ1) is 12.1. The van der Waals surface area contributed by atoms with Gasteiger partial charge in [-0.3, -0.25) is 4.79 Å². The molecule has 1 aromatic heterocycles. The standard InChI is InChI=1S/C18H20Cl2N4O/c1-2-23(12-13-6-5-7-14(19)10-13)17(25)16-15(20)11-21-18(22-16)24-8-3-4-9-24/h5-7,10-11H,2-4,8-9,12H2,1H3. The molecule has 0 aliphatic carbocycles. The Morgan fingerprint density at radius 2 is 2.04 bits per heavy atom. The molecule has 1 fully saturated rings. The summed E-state index contributed by atoms with van der Waals surface area (Å²) in [6.45, 7) is 4.75. The van der Waals surface area contributed by atoms with Crippen LogP contribution in [0.15, 0.2) is 30.5 Å². The van der Waals surface area contributed by atoms with Crippen molar-refractivity contribution in [3.05, 3.63) is 51.8 Å². The molecule has 1 aliphatic rings. The number of aromatic nitrogens is 2. The maximum Gasteiger partial charge on any atom is 0.274 e. The van der Waals surface area contributed by atoms with Gasteiger partial charge in [-0.1, -0.05) is 35.3 Å². The Bertz CT molecular complexity index is 762. The molecule has 0 radical (unpaired) electrons. The minimum Gasteiger partial charge on any atom is -0.341 e. The van der Waals surface area contributed by atoms with E-state index in [1.54, 1.807) is 4.90 Å². The maximum atomic E-state index is 13.0. The van der Waals surface area contributed by atoms with Crippen molar-refractivity contribution in [2.45, 2.75) is 26.3 Å². The molecular weight excluding hydrogens is 359 g/mol. The minimum absolute atomic E-state index is 0.199. The van der Waals surface area contributed by atoms with E-state index in [1.807, 2.05) is 31.2 Å². The fourth-order valence-corrected chi connectivity index (χ4v) is 3.29. The van der Waals surface area contributed by atoms with Gasteiger partial charge in [-0.2, -0.15) is 0 Å². The molecule has 5 nitrogen and oxygen atoms in total. The van der Waals surface area contributed by atoms with Gasteiger partial charge in [0.1, 0.15) is 0 Å². The maximum absolute atomic E-state index is 13.0. The monoisotopic (exact) mass is 378 g/mol. The van der Waals surface area contributed by atoms with Crippen LogP contribution in [0.3, 0.4) is 0 Å². The van der Waals surface area contributed by atoms with Crippen LogP contribution in [0.1, 0.15) is 35.8 Å². The van der Waals surface area contributed by atoms with Crippen LogP contribution in [0, 0.1) is 0 Å². The zero-order valence-corrected chi connectivity index (χ0v) is 15.6. The van der Waals surface area contributed by atoms with Crippen molar-refractivity contribution in [1.82, 2.24) is 14.9 Å². The third-order valence-electron chi connectivity index (χ3n) is 4.25. The Hall–Kier alpha value is -1.85. The van der Waals surface area contributed by atoms with E-state index < -0.39 is 0 Å². The Labute approximate surface area is 157 Å². The van der Waals surface area contributed by atoms with Crippen molar-refractivity contribution in [2.24, 2.45) is 0 Å². The summed E-state index contributed by atoms with van der Waals surface area (Å²) in [7, 11) is 0.